The number of amides is 2. The molecule has 0 fully saturated rings. The summed E-state index contributed by atoms with van der Waals surface area (Å²) < 4.78 is 0. The highest BCUT2D eigenvalue weighted by molar-refractivity contribution is 5.87. The van der Waals surface area contributed by atoms with Crippen molar-refractivity contribution in [3.63, 3.8) is 0 Å². The number of anilines is 1. The Morgan fingerprint density at radius 1 is 1.38 bits per heavy atom. The van der Waals surface area contributed by atoms with Crippen molar-refractivity contribution in [3.05, 3.63) is 30.2 Å². The average Bonchev–Trinajstić information content (AvgIpc) is 2.27. The number of rotatable bonds is 3. The Morgan fingerprint density at radius 3 is 2.56 bits per heavy atom. The average molecular weight is 220 g/mol. The van der Waals surface area contributed by atoms with Crippen LogP contribution in [0.15, 0.2) is 30.2 Å². The number of nitrogens with zero attached hydrogens (tertiary/aromatic N) is 2. The van der Waals surface area contributed by atoms with Crippen molar-refractivity contribution < 1.29 is 4.79 Å². The monoisotopic (exact) mass is 220 g/mol. The molecule has 5 nitrogen and oxygen atoms in total. The second-order valence-corrected chi connectivity index (χ2v) is 3.71. The molecule has 2 N–H and O–H groups in total. The van der Waals surface area contributed by atoms with Crippen molar-refractivity contribution in [1.29, 1.82) is 0 Å². The fourth-order valence-electron chi connectivity index (χ4n) is 0.847. The third-order valence-electron chi connectivity index (χ3n) is 2.13. The van der Waals surface area contributed by atoms with Gasteiger partial charge in [-0.1, -0.05) is 19.4 Å². The number of hydrogen-bond acceptors (Lipinski definition) is 3. The van der Waals surface area contributed by atoms with Crippen molar-refractivity contribution in [2.75, 3.05) is 5.32 Å². The molecular formula is C11H16N4O. The summed E-state index contributed by atoms with van der Waals surface area (Å²) in [6, 6.07) is 1.34. The second kappa shape index (κ2) is 5.85. The van der Waals surface area contributed by atoms with Gasteiger partial charge >= 0.3 is 6.03 Å². The van der Waals surface area contributed by atoms with Crippen molar-refractivity contribution in [2.24, 2.45) is 5.92 Å². The molecule has 5 heteroatoms. The molecule has 0 aliphatic carbocycles. The molecular weight excluding hydrogens is 204 g/mol. The molecule has 0 aromatic carbocycles. The van der Waals surface area contributed by atoms with Crippen LogP contribution in [0.1, 0.15) is 20.8 Å². The van der Waals surface area contributed by atoms with Crippen LogP contribution in [0.2, 0.25) is 0 Å². The minimum Gasteiger partial charge on any atom is -0.314 e. The lowest BCUT2D eigenvalue weighted by Crippen LogP contribution is -2.25. The highest BCUT2D eigenvalue weighted by atomic mass is 16.2. The van der Waals surface area contributed by atoms with Gasteiger partial charge in [-0.05, 0) is 18.9 Å². The van der Waals surface area contributed by atoms with E-state index in [1.54, 1.807) is 24.7 Å². The predicted molar refractivity (Wildman–Crippen MR) is 62.8 cm³/mol. The molecule has 1 rings (SSSR count). The first-order valence-corrected chi connectivity index (χ1v) is 5.11. The summed E-state index contributed by atoms with van der Waals surface area (Å²) in [7, 11) is 0. The lowest BCUT2D eigenvalue weighted by molar-refractivity contribution is 0.255. The van der Waals surface area contributed by atoms with Crippen molar-refractivity contribution in [3.8, 4) is 0 Å². The fraction of sp³-hybridized carbons (Fsp3) is 0.364. The summed E-state index contributed by atoms with van der Waals surface area (Å²) in [5.41, 5.74) is 1.10. The Balaban J connectivity index is 2.46. The normalized spacial score (nSPS) is 11.4. The largest absolute Gasteiger partial charge is 0.325 e. The van der Waals surface area contributed by atoms with Gasteiger partial charge in [-0.15, -0.1) is 0 Å². The van der Waals surface area contributed by atoms with Crippen LogP contribution in [0.4, 0.5) is 10.7 Å². The summed E-state index contributed by atoms with van der Waals surface area (Å²) in [4.78, 5) is 19.1. The minimum atomic E-state index is -0.341. The van der Waals surface area contributed by atoms with E-state index in [4.69, 9.17) is 0 Å². The number of carbonyl (C=O) groups is 1. The quantitative estimate of drug-likeness (QED) is 0.820. The van der Waals surface area contributed by atoms with E-state index < -0.39 is 0 Å². The van der Waals surface area contributed by atoms with Crippen molar-refractivity contribution >= 4 is 12.0 Å². The zero-order valence-corrected chi connectivity index (χ0v) is 9.69. The van der Waals surface area contributed by atoms with Crippen LogP contribution < -0.4 is 10.6 Å². The molecule has 1 aromatic rings. The third-order valence-corrected chi connectivity index (χ3v) is 2.13. The fourth-order valence-corrected chi connectivity index (χ4v) is 0.847. The number of hydrogen-bond donors (Lipinski definition) is 2. The Kier molecular flexibility index (Phi) is 4.44. The number of urea groups is 1. The molecule has 0 saturated carbocycles. The molecule has 0 unspecified atom stereocenters. The van der Waals surface area contributed by atoms with Crippen LogP contribution in [0.5, 0.6) is 0 Å². The van der Waals surface area contributed by atoms with Crippen LogP contribution in [0.3, 0.4) is 0 Å². The van der Waals surface area contributed by atoms with Gasteiger partial charge in [0, 0.05) is 18.6 Å². The Morgan fingerprint density at radius 2 is 2.00 bits per heavy atom. The molecule has 2 amide bonds. The standard InChI is InChI=1S/C11H16N4O/c1-8(2)9(3)7-14-11(16)15-10-12-5-4-6-13-10/h4-8H,1-3H3,(H2,12,13,14,15,16)/b9-7+. The first-order valence-electron chi connectivity index (χ1n) is 5.11. The van der Waals surface area contributed by atoms with Gasteiger partial charge in [-0.3, -0.25) is 5.32 Å². The van der Waals surface area contributed by atoms with Gasteiger partial charge in [0.25, 0.3) is 0 Å². The first-order chi connectivity index (χ1) is 7.59. The zero-order chi connectivity index (χ0) is 12.0. The van der Waals surface area contributed by atoms with Gasteiger partial charge in [-0.25, -0.2) is 14.8 Å². The van der Waals surface area contributed by atoms with Gasteiger partial charge in [0.05, 0.1) is 0 Å². The first kappa shape index (κ1) is 12.2. The Hall–Kier alpha value is -1.91. The van der Waals surface area contributed by atoms with Crippen LogP contribution in [0.25, 0.3) is 0 Å². The molecule has 1 heterocycles. The van der Waals surface area contributed by atoms with Crippen molar-refractivity contribution in [1.82, 2.24) is 15.3 Å². The summed E-state index contributed by atoms with van der Waals surface area (Å²) in [6.45, 7) is 6.08. The van der Waals surface area contributed by atoms with Crippen molar-refractivity contribution in [2.45, 2.75) is 20.8 Å². The van der Waals surface area contributed by atoms with E-state index in [0.717, 1.165) is 5.57 Å². The van der Waals surface area contributed by atoms with E-state index >= 15 is 0 Å². The summed E-state index contributed by atoms with van der Waals surface area (Å²) in [5.74, 6) is 0.698. The van der Waals surface area contributed by atoms with E-state index in [9.17, 15) is 4.79 Å². The maximum Gasteiger partial charge on any atom is 0.325 e. The van der Waals surface area contributed by atoms with Gasteiger partial charge in [0.15, 0.2) is 0 Å². The zero-order valence-electron chi connectivity index (χ0n) is 9.69. The SMILES string of the molecule is C/C(=C\NC(=O)Nc1ncccn1)C(C)C. The molecule has 0 atom stereocenters. The van der Waals surface area contributed by atoms with E-state index in [2.05, 4.69) is 34.4 Å². The van der Waals surface area contributed by atoms with E-state index in [-0.39, 0.29) is 12.0 Å². The maximum absolute atomic E-state index is 11.4. The molecule has 16 heavy (non-hydrogen) atoms. The summed E-state index contributed by atoms with van der Waals surface area (Å²) in [5, 5.41) is 5.14. The molecule has 0 radical (unpaired) electrons. The van der Waals surface area contributed by atoms with E-state index in [1.165, 1.54) is 0 Å². The molecule has 0 spiro atoms. The van der Waals surface area contributed by atoms with Crippen LogP contribution in [-0.4, -0.2) is 16.0 Å². The molecule has 0 saturated heterocycles. The van der Waals surface area contributed by atoms with Crippen LogP contribution in [0, 0.1) is 5.92 Å². The number of nitrogens with one attached hydrogen (secondary N) is 2. The third kappa shape index (κ3) is 4.08. The highest BCUT2D eigenvalue weighted by Crippen LogP contribution is 2.05. The molecule has 1 aromatic heterocycles. The van der Waals surface area contributed by atoms with Crippen LogP contribution >= 0.6 is 0 Å². The summed E-state index contributed by atoms with van der Waals surface area (Å²) >= 11 is 0. The van der Waals surface area contributed by atoms with Gasteiger partial charge in [-0.2, -0.15) is 0 Å². The number of allylic oxidation sites excluding steroid dienone is 1. The topological polar surface area (TPSA) is 66.9 Å². The number of carbonyl (C=O) groups excluding carboxylic acids is 1. The van der Waals surface area contributed by atoms with E-state index in [1.807, 2.05) is 6.92 Å². The molecule has 0 aliphatic rings. The Labute approximate surface area is 95.0 Å². The predicted octanol–water partition coefficient (Wildman–Crippen LogP) is 2.16. The number of aromatic nitrogens is 2. The minimum absolute atomic E-state index is 0.288. The van der Waals surface area contributed by atoms with Gasteiger partial charge in [0.1, 0.15) is 0 Å². The smallest absolute Gasteiger partial charge is 0.314 e. The second-order valence-electron chi connectivity index (χ2n) is 3.71. The Bertz CT molecular complexity index is 373. The molecule has 0 bridgehead atoms. The van der Waals surface area contributed by atoms with Gasteiger partial charge in [0.2, 0.25) is 5.95 Å². The summed E-state index contributed by atoms with van der Waals surface area (Å²) in [6.07, 6.45) is 4.82. The lowest BCUT2D eigenvalue weighted by atomic mass is 10.1. The highest BCUT2D eigenvalue weighted by Gasteiger charge is 2.01. The van der Waals surface area contributed by atoms with Crippen LogP contribution in [-0.2, 0) is 0 Å². The molecule has 86 valence electrons. The maximum atomic E-state index is 11.4. The lowest BCUT2D eigenvalue weighted by Gasteiger charge is -2.06. The molecule has 0 aliphatic heterocycles. The van der Waals surface area contributed by atoms with Gasteiger partial charge < -0.3 is 5.32 Å². The van der Waals surface area contributed by atoms with E-state index in [0.29, 0.717) is 5.92 Å².